The van der Waals surface area contributed by atoms with E-state index in [1.54, 1.807) is 0 Å². The Kier molecular flexibility index (Phi) is 4.20. The van der Waals surface area contributed by atoms with Crippen molar-refractivity contribution in [2.75, 3.05) is 20.1 Å². The van der Waals surface area contributed by atoms with Gasteiger partial charge in [-0.3, -0.25) is 0 Å². The summed E-state index contributed by atoms with van der Waals surface area (Å²) >= 11 is 0. The Balaban J connectivity index is 1.44. The van der Waals surface area contributed by atoms with Gasteiger partial charge < -0.3 is 15.5 Å². The number of fused-ring (bicyclic) bond motifs is 2. The molecule has 2 amide bonds. The van der Waals surface area contributed by atoms with E-state index in [1.807, 2.05) is 0 Å². The van der Waals surface area contributed by atoms with E-state index in [0.29, 0.717) is 18.0 Å². The highest BCUT2D eigenvalue weighted by Gasteiger charge is 2.42. The molecule has 2 saturated carbocycles. The second kappa shape index (κ2) is 5.92. The Morgan fingerprint density at radius 2 is 2.10 bits per heavy atom. The Morgan fingerprint density at radius 3 is 2.75 bits per heavy atom. The highest BCUT2D eigenvalue weighted by molar-refractivity contribution is 5.74. The van der Waals surface area contributed by atoms with Gasteiger partial charge in [0.25, 0.3) is 0 Å². The number of hydrogen-bond acceptors (Lipinski definition) is 2. The number of amides is 2. The molecular formula is C16H29N3O. The first-order valence-corrected chi connectivity index (χ1v) is 8.37. The maximum absolute atomic E-state index is 12.2. The topological polar surface area (TPSA) is 44.4 Å². The number of carbonyl (C=O) groups is 1. The molecule has 114 valence electrons. The lowest BCUT2D eigenvalue weighted by molar-refractivity contribution is 0.198. The van der Waals surface area contributed by atoms with E-state index in [4.69, 9.17) is 0 Å². The molecule has 0 aromatic carbocycles. The molecule has 0 spiro atoms. The number of rotatable bonds is 3. The summed E-state index contributed by atoms with van der Waals surface area (Å²) in [7, 11) is 2.13. The number of carbonyl (C=O) groups excluding carboxylic acids is 1. The lowest BCUT2D eigenvalue weighted by atomic mass is 9.84. The van der Waals surface area contributed by atoms with Crippen molar-refractivity contribution in [1.82, 2.24) is 15.5 Å². The van der Waals surface area contributed by atoms with E-state index in [-0.39, 0.29) is 6.03 Å². The fourth-order valence-electron chi connectivity index (χ4n) is 4.73. The van der Waals surface area contributed by atoms with Crippen molar-refractivity contribution in [3.63, 3.8) is 0 Å². The van der Waals surface area contributed by atoms with Crippen LogP contribution in [0.2, 0.25) is 0 Å². The molecule has 3 rings (SSSR count). The molecule has 0 radical (unpaired) electrons. The number of piperidine rings is 1. The molecule has 5 unspecified atom stereocenters. The third-order valence-corrected chi connectivity index (χ3v) is 5.75. The van der Waals surface area contributed by atoms with Crippen LogP contribution in [-0.4, -0.2) is 43.2 Å². The predicted octanol–water partition coefficient (Wildman–Crippen LogP) is 2.20. The van der Waals surface area contributed by atoms with Crippen LogP contribution in [0.4, 0.5) is 4.79 Å². The summed E-state index contributed by atoms with van der Waals surface area (Å²) < 4.78 is 0. The first kappa shape index (κ1) is 14.2. The van der Waals surface area contributed by atoms with Crippen molar-refractivity contribution in [3.8, 4) is 0 Å². The number of urea groups is 1. The number of likely N-dealkylation sites (N-methyl/N-ethyl adjacent to an activating group) is 1. The summed E-state index contributed by atoms with van der Waals surface area (Å²) in [5.41, 5.74) is 0. The fourth-order valence-corrected chi connectivity index (χ4v) is 4.73. The molecule has 2 aliphatic carbocycles. The van der Waals surface area contributed by atoms with Gasteiger partial charge in [0.2, 0.25) is 0 Å². The van der Waals surface area contributed by atoms with Crippen LogP contribution in [0, 0.1) is 17.8 Å². The molecule has 20 heavy (non-hydrogen) atoms. The van der Waals surface area contributed by atoms with Crippen molar-refractivity contribution < 1.29 is 4.79 Å². The first-order chi connectivity index (χ1) is 9.61. The zero-order chi connectivity index (χ0) is 14.1. The van der Waals surface area contributed by atoms with Gasteiger partial charge in [-0.25, -0.2) is 4.79 Å². The maximum atomic E-state index is 12.2. The number of nitrogens with one attached hydrogen (secondary N) is 2. The van der Waals surface area contributed by atoms with Gasteiger partial charge in [-0.15, -0.1) is 0 Å². The number of nitrogens with zero attached hydrogens (tertiary/aromatic N) is 1. The van der Waals surface area contributed by atoms with Gasteiger partial charge in [-0.1, -0.05) is 6.42 Å². The zero-order valence-corrected chi connectivity index (χ0v) is 12.9. The molecule has 2 N–H and O–H groups in total. The quantitative estimate of drug-likeness (QED) is 0.832. The van der Waals surface area contributed by atoms with E-state index in [2.05, 4.69) is 29.5 Å². The third-order valence-electron chi connectivity index (χ3n) is 5.75. The molecule has 4 nitrogen and oxygen atoms in total. The average molecular weight is 279 g/mol. The molecule has 5 atom stereocenters. The number of likely N-dealkylation sites (tertiary alicyclic amines) is 1. The largest absolute Gasteiger partial charge is 0.335 e. The molecule has 4 heteroatoms. The van der Waals surface area contributed by atoms with E-state index < -0.39 is 0 Å². The molecule has 1 saturated heterocycles. The van der Waals surface area contributed by atoms with Crippen LogP contribution in [0.5, 0.6) is 0 Å². The first-order valence-electron chi connectivity index (χ1n) is 8.37. The van der Waals surface area contributed by atoms with Crippen LogP contribution >= 0.6 is 0 Å². The second-order valence-corrected chi connectivity index (χ2v) is 7.35. The van der Waals surface area contributed by atoms with Crippen LogP contribution < -0.4 is 10.6 Å². The summed E-state index contributed by atoms with van der Waals surface area (Å²) in [5.74, 6) is 2.54. The highest BCUT2D eigenvalue weighted by atomic mass is 16.2. The van der Waals surface area contributed by atoms with Gasteiger partial charge in [0, 0.05) is 18.6 Å². The Hall–Kier alpha value is -0.770. The minimum Gasteiger partial charge on any atom is -0.335 e. The molecule has 3 aliphatic rings. The zero-order valence-electron chi connectivity index (χ0n) is 12.9. The van der Waals surface area contributed by atoms with E-state index in [9.17, 15) is 4.79 Å². The second-order valence-electron chi connectivity index (χ2n) is 7.35. The average Bonchev–Trinajstić information content (AvgIpc) is 3.00. The SMILES string of the molecule is CC(NC(=O)NC1CCCN(C)C1)C1CC2CCC1C2. The van der Waals surface area contributed by atoms with E-state index in [1.165, 1.54) is 32.1 Å². The summed E-state index contributed by atoms with van der Waals surface area (Å²) in [6.07, 6.45) is 7.85. The summed E-state index contributed by atoms with van der Waals surface area (Å²) in [6, 6.07) is 0.688. The summed E-state index contributed by atoms with van der Waals surface area (Å²) in [6.45, 7) is 4.33. The van der Waals surface area contributed by atoms with Crippen molar-refractivity contribution in [2.45, 2.75) is 57.5 Å². The molecule has 1 aliphatic heterocycles. The standard InChI is InChI=1S/C16H29N3O/c1-11(15-9-12-5-6-13(15)8-12)17-16(20)18-14-4-3-7-19(2)10-14/h11-15H,3-10H2,1-2H3,(H2,17,18,20). The van der Waals surface area contributed by atoms with Crippen LogP contribution in [0.1, 0.15) is 45.4 Å². The molecule has 0 aromatic rings. The van der Waals surface area contributed by atoms with Crippen LogP contribution in [-0.2, 0) is 0 Å². The molecule has 2 bridgehead atoms. The van der Waals surface area contributed by atoms with Gasteiger partial charge in [0.05, 0.1) is 0 Å². The van der Waals surface area contributed by atoms with Crippen molar-refractivity contribution in [1.29, 1.82) is 0 Å². The lowest BCUT2D eigenvalue weighted by Gasteiger charge is -2.32. The molecule has 1 heterocycles. The summed E-state index contributed by atoms with van der Waals surface area (Å²) in [4.78, 5) is 14.4. The van der Waals surface area contributed by atoms with Crippen molar-refractivity contribution in [2.24, 2.45) is 17.8 Å². The smallest absolute Gasteiger partial charge is 0.315 e. The van der Waals surface area contributed by atoms with Crippen molar-refractivity contribution in [3.05, 3.63) is 0 Å². The maximum Gasteiger partial charge on any atom is 0.315 e. The Morgan fingerprint density at radius 1 is 1.25 bits per heavy atom. The third kappa shape index (κ3) is 3.11. The van der Waals surface area contributed by atoms with E-state index >= 15 is 0 Å². The minimum atomic E-state index is 0.0422. The normalized spacial score (nSPS) is 38.7. The Bertz CT molecular complexity index is 360. The molecule has 3 fully saturated rings. The van der Waals surface area contributed by atoms with Gasteiger partial charge in [-0.05, 0) is 70.4 Å². The minimum absolute atomic E-state index is 0.0422. The van der Waals surface area contributed by atoms with Gasteiger partial charge in [-0.2, -0.15) is 0 Å². The van der Waals surface area contributed by atoms with Crippen LogP contribution in [0.15, 0.2) is 0 Å². The highest BCUT2D eigenvalue weighted by Crippen LogP contribution is 2.49. The number of hydrogen-bond donors (Lipinski definition) is 2. The monoisotopic (exact) mass is 279 g/mol. The van der Waals surface area contributed by atoms with Gasteiger partial charge in [0.1, 0.15) is 0 Å². The predicted molar refractivity (Wildman–Crippen MR) is 80.6 cm³/mol. The van der Waals surface area contributed by atoms with Gasteiger partial charge in [0.15, 0.2) is 0 Å². The van der Waals surface area contributed by atoms with Gasteiger partial charge >= 0.3 is 6.03 Å². The molecule has 0 aromatic heterocycles. The molecular weight excluding hydrogens is 250 g/mol. The van der Waals surface area contributed by atoms with Crippen LogP contribution in [0.3, 0.4) is 0 Å². The van der Waals surface area contributed by atoms with E-state index in [0.717, 1.165) is 31.3 Å². The van der Waals surface area contributed by atoms with Crippen LogP contribution in [0.25, 0.3) is 0 Å². The lowest BCUT2D eigenvalue weighted by Crippen LogP contribution is -2.52. The summed E-state index contributed by atoms with van der Waals surface area (Å²) in [5, 5.41) is 6.36. The van der Waals surface area contributed by atoms with Crippen molar-refractivity contribution >= 4 is 6.03 Å². The Labute approximate surface area is 122 Å². The fraction of sp³-hybridized carbons (Fsp3) is 0.938.